The quantitative estimate of drug-likeness (QED) is 0.0512. The fraction of sp³-hybridized carbons (Fsp3) is 0.533. The van der Waals surface area contributed by atoms with Gasteiger partial charge in [-0.25, -0.2) is 15.0 Å². The van der Waals surface area contributed by atoms with Gasteiger partial charge in [0.05, 0.1) is 36.5 Å². The minimum atomic E-state index is -0.0520. The number of benzene rings is 3. The second-order valence-electron chi connectivity index (χ2n) is 14.2. The lowest BCUT2D eigenvalue weighted by Crippen LogP contribution is -2.02. The summed E-state index contributed by atoms with van der Waals surface area (Å²) in [5.74, 6) is 2.06. The first kappa shape index (κ1) is 42.2. The molecule has 0 atom stereocenters. The van der Waals surface area contributed by atoms with Gasteiger partial charge in [-0.2, -0.15) is 0 Å². The van der Waals surface area contributed by atoms with Gasteiger partial charge >= 0.3 is 0 Å². The summed E-state index contributed by atoms with van der Waals surface area (Å²) in [6, 6.07) is 15.2. The van der Waals surface area contributed by atoms with Crippen LogP contribution >= 0.6 is 0 Å². The number of unbranched alkanes of at least 4 members (excludes halogenated alkanes) is 15. The Hall–Kier alpha value is -4.53. The van der Waals surface area contributed by atoms with Crippen molar-refractivity contribution in [1.29, 1.82) is 0 Å². The molecule has 294 valence electrons. The van der Waals surface area contributed by atoms with E-state index in [0.29, 0.717) is 53.8 Å². The lowest BCUT2D eigenvalue weighted by atomic mass is 10.1. The fourth-order valence-electron chi connectivity index (χ4n) is 6.33. The Labute approximate surface area is 323 Å². The van der Waals surface area contributed by atoms with E-state index < -0.39 is 0 Å². The fourth-order valence-corrected chi connectivity index (χ4v) is 6.33. The van der Waals surface area contributed by atoms with Crippen molar-refractivity contribution in [2.45, 2.75) is 136 Å². The molecular formula is C45H63N3O6. The van der Waals surface area contributed by atoms with E-state index in [1.54, 1.807) is 54.6 Å². The Balaban J connectivity index is 1.55. The highest BCUT2D eigenvalue weighted by molar-refractivity contribution is 5.74. The van der Waals surface area contributed by atoms with E-state index in [4.69, 9.17) is 29.2 Å². The number of hydrogen-bond acceptors (Lipinski definition) is 9. The Morgan fingerprint density at radius 1 is 0.370 bits per heavy atom. The topological polar surface area (TPSA) is 127 Å². The summed E-state index contributed by atoms with van der Waals surface area (Å²) in [6.07, 6.45) is 20.9. The zero-order valence-corrected chi connectivity index (χ0v) is 33.0. The maximum absolute atomic E-state index is 11.2. The predicted molar refractivity (Wildman–Crippen MR) is 218 cm³/mol. The molecule has 0 unspecified atom stereocenters. The molecule has 0 bridgehead atoms. The van der Waals surface area contributed by atoms with E-state index in [9.17, 15) is 15.3 Å². The number of aromatic hydroxyl groups is 3. The first-order chi connectivity index (χ1) is 26.4. The summed E-state index contributed by atoms with van der Waals surface area (Å²) in [6.45, 7) is 8.34. The van der Waals surface area contributed by atoms with Crippen LogP contribution in [0.3, 0.4) is 0 Å². The normalized spacial score (nSPS) is 11.2. The molecule has 0 saturated heterocycles. The zero-order chi connectivity index (χ0) is 38.4. The zero-order valence-electron chi connectivity index (χ0n) is 33.0. The van der Waals surface area contributed by atoms with Crippen LogP contribution in [0.25, 0.3) is 34.2 Å². The maximum Gasteiger partial charge on any atom is 0.167 e. The van der Waals surface area contributed by atoms with Crippen LogP contribution in [0.1, 0.15) is 136 Å². The average Bonchev–Trinajstić information content (AvgIpc) is 3.17. The Morgan fingerprint density at radius 3 is 0.889 bits per heavy atom. The largest absolute Gasteiger partial charge is 0.507 e. The highest BCUT2D eigenvalue weighted by Gasteiger charge is 2.19. The van der Waals surface area contributed by atoms with Crippen molar-refractivity contribution >= 4 is 0 Å². The molecule has 1 aromatic heterocycles. The molecule has 1 heterocycles. The Morgan fingerprint density at radius 2 is 0.630 bits per heavy atom. The Bertz CT molecular complexity index is 1470. The van der Waals surface area contributed by atoms with Gasteiger partial charge in [-0.15, -0.1) is 0 Å². The first-order valence-corrected chi connectivity index (χ1v) is 20.6. The van der Waals surface area contributed by atoms with Gasteiger partial charge in [-0.05, 0) is 55.7 Å². The molecule has 54 heavy (non-hydrogen) atoms. The second-order valence-corrected chi connectivity index (χ2v) is 14.2. The van der Waals surface area contributed by atoms with Gasteiger partial charge < -0.3 is 29.5 Å². The minimum absolute atomic E-state index is 0.0520. The number of phenolic OH excluding ortho intramolecular Hbond substituents is 3. The number of nitrogens with zero attached hydrogens (tertiary/aromatic N) is 3. The molecule has 0 spiro atoms. The van der Waals surface area contributed by atoms with Gasteiger partial charge in [0.25, 0.3) is 0 Å². The van der Waals surface area contributed by atoms with Crippen LogP contribution in [-0.4, -0.2) is 50.1 Å². The van der Waals surface area contributed by atoms with Crippen molar-refractivity contribution < 1.29 is 29.5 Å². The van der Waals surface area contributed by atoms with Crippen LogP contribution < -0.4 is 14.2 Å². The van der Waals surface area contributed by atoms with Crippen LogP contribution in [0.15, 0.2) is 54.6 Å². The molecule has 0 amide bonds. The summed E-state index contributed by atoms with van der Waals surface area (Å²) in [5.41, 5.74) is 1.09. The summed E-state index contributed by atoms with van der Waals surface area (Å²) in [5, 5.41) is 33.5. The van der Waals surface area contributed by atoms with Gasteiger partial charge in [0.1, 0.15) is 34.5 Å². The Kier molecular flexibility index (Phi) is 18.8. The molecule has 3 aromatic carbocycles. The number of ether oxygens (including phenoxy) is 3. The van der Waals surface area contributed by atoms with Crippen LogP contribution in [0, 0.1) is 0 Å². The molecule has 3 N–H and O–H groups in total. The molecule has 0 aliphatic rings. The van der Waals surface area contributed by atoms with Crippen molar-refractivity contribution in [3.8, 4) is 68.7 Å². The van der Waals surface area contributed by atoms with Crippen LogP contribution in [-0.2, 0) is 0 Å². The van der Waals surface area contributed by atoms with E-state index in [-0.39, 0.29) is 34.7 Å². The third-order valence-corrected chi connectivity index (χ3v) is 9.57. The van der Waals surface area contributed by atoms with Gasteiger partial charge in [-0.1, -0.05) is 117 Å². The third kappa shape index (κ3) is 14.0. The van der Waals surface area contributed by atoms with Crippen LogP contribution in [0.5, 0.6) is 34.5 Å². The molecule has 0 saturated carbocycles. The third-order valence-electron chi connectivity index (χ3n) is 9.57. The molecule has 4 rings (SSSR count). The number of hydrogen-bond donors (Lipinski definition) is 3. The molecule has 0 fully saturated rings. The first-order valence-electron chi connectivity index (χ1n) is 20.6. The summed E-state index contributed by atoms with van der Waals surface area (Å²) >= 11 is 0. The van der Waals surface area contributed by atoms with Crippen molar-refractivity contribution in [3.63, 3.8) is 0 Å². The molecule has 4 aromatic rings. The maximum atomic E-state index is 11.2. The standard InChI is InChI=1S/C45H63N3O6/c1-4-7-10-13-16-19-28-52-34-22-25-37(40(49)31-34)43-46-44(38-26-23-35(32-41(38)50)53-29-20-17-14-11-8-5-2)48-45(47-43)39-27-24-36(33-42(39)51)54-30-21-18-15-12-9-6-3/h22-27,31-33,49-51H,4-21,28-30H2,1-3H3. The van der Waals surface area contributed by atoms with E-state index in [0.717, 1.165) is 38.5 Å². The summed E-state index contributed by atoms with van der Waals surface area (Å²) in [4.78, 5) is 14.1. The lowest BCUT2D eigenvalue weighted by Gasteiger charge is -2.13. The van der Waals surface area contributed by atoms with E-state index in [1.807, 2.05) is 0 Å². The van der Waals surface area contributed by atoms with E-state index in [1.165, 1.54) is 77.0 Å². The number of phenols is 3. The van der Waals surface area contributed by atoms with Gasteiger partial charge in [0.15, 0.2) is 17.5 Å². The predicted octanol–water partition coefficient (Wildman–Crippen LogP) is 12.2. The number of aromatic nitrogens is 3. The van der Waals surface area contributed by atoms with Gasteiger partial charge in [0.2, 0.25) is 0 Å². The van der Waals surface area contributed by atoms with Crippen molar-refractivity contribution in [1.82, 2.24) is 15.0 Å². The smallest absolute Gasteiger partial charge is 0.167 e. The second kappa shape index (κ2) is 24.0. The highest BCUT2D eigenvalue weighted by atomic mass is 16.5. The van der Waals surface area contributed by atoms with Crippen molar-refractivity contribution in [2.75, 3.05) is 19.8 Å². The van der Waals surface area contributed by atoms with Crippen molar-refractivity contribution in [3.05, 3.63) is 54.6 Å². The lowest BCUT2D eigenvalue weighted by molar-refractivity contribution is 0.302. The monoisotopic (exact) mass is 741 g/mol. The van der Waals surface area contributed by atoms with Crippen LogP contribution in [0.4, 0.5) is 0 Å². The molecule has 0 aliphatic heterocycles. The molecular weight excluding hydrogens is 679 g/mol. The van der Waals surface area contributed by atoms with Crippen LogP contribution in [0.2, 0.25) is 0 Å². The van der Waals surface area contributed by atoms with E-state index in [2.05, 4.69) is 20.8 Å². The summed E-state index contributed by atoms with van der Waals surface area (Å²) in [7, 11) is 0. The number of rotatable bonds is 27. The SMILES string of the molecule is CCCCCCCCOc1ccc(-c2nc(-c3ccc(OCCCCCCCC)cc3O)nc(-c3ccc(OCCCCCCCC)cc3O)n2)c(O)c1. The van der Waals surface area contributed by atoms with Gasteiger partial charge in [-0.3, -0.25) is 0 Å². The molecule has 9 nitrogen and oxygen atoms in total. The molecule has 9 heteroatoms. The van der Waals surface area contributed by atoms with Crippen molar-refractivity contribution in [2.24, 2.45) is 0 Å². The minimum Gasteiger partial charge on any atom is -0.507 e. The molecule has 0 aliphatic carbocycles. The highest BCUT2D eigenvalue weighted by Crippen LogP contribution is 2.38. The molecule has 0 radical (unpaired) electrons. The van der Waals surface area contributed by atoms with Gasteiger partial charge in [0, 0.05) is 18.2 Å². The summed E-state index contributed by atoms with van der Waals surface area (Å²) < 4.78 is 17.8. The van der Waals surface area contributed by atoms with E-state index >= 15 is 0 Å². The average molecular weight is 742 g/mol.